The van der Waals surface area contributed by atoms with Gasteiger partial charge in [0.25, 0.3) is 0 Å². The number of hydrogen-bond donors (Lipinski definition) is 1. The zero-order valence-corrected chi connectivity index (χ0v) is 15.8. The fourth-order valence-corrected chi connectivity index (χ4v) is 5.42. The minimum atomic E-state index is -2.90. The van der Waals surface area contributed by atoms with Crippen LogP contribution in [0.2, 0.25) is 0 Å². The predicted molar refractivity (Wildman–Crippen MR) is 102 cm³/mol. The molecule has 138 valence electrons. The van der Waals surface area contributed by atoms with Gasteiger partial charge >= 0.3 is 0 Å². The Balaban J connectivity index is 1.60. The summed E-state index contributed by atoms with van der Waals surface area (Å²) in [6.45, 7) is 3.61. The fraction of sp³-hybridized carbons (Fsp3) is 0.667. The maximum absolute atomic E-state index is 11.8. The predicted octanol–water partition coefficient (Wildman–Crippen LogP) is 2.79. The zero-order chi connectivity index (χ0) is 17.7. The highest BCUT2D eigenvalue weighted by atomic mass is 32.2. The monoisotopic (exact) mass is 364 g/mol. The molecule has 2 heterocycles. The van der Waals surface area contributed by atoms with Crippen molar-refractivity contribution in [2.75, 3.05) is 34.8 Å². The van der Waals surface area contributed by atoms with Crippen molar-refractivity contribution in [1.82, 2.24) is 9.97 Å². The molecule has 1 unspecified atom stereocenters. The molecule has 0 spiro atoms. The van der Waals surface area contributed by atoms with Gasteiger partial charge in [0.15, 0.2) is 9.84 Å². The van der Waals surface area contributed by atoms with E-state index in [1.807, 2.05) is 13.0 Å². The van der Waals surface area contributed by atoms with Crippen LogP contribution in [-0.4, -0.2) is 49.0 Å². The van der Waals surface area contributed by atoms with E-state index in [0.717, 1.165) is 25.3 Å². The molecule has 6 nitrogen and oxygen atoms in total. The summed E-state index contributed by atoms with van der Waals surface area (Å²) in [5.41, 5.74) is 1.53. The standard InChI is InChI=1S/C18H28N4O2S/c1-2-22(16-10-13-25(23,24)14-16)17-9-12-20-18(21-17)19-11-8-15-6-4-3-5-7-15/h6,9,12,16H,2-5,7-8,10-11,13-14H2,1H3,(H,19,20,21). The van der Waals surface area contributed by atoms with E-state index >= 15 is 0 Å². The minimum absolute atomic E-state index is 0.0187. The highest BCUT2D eigenvalue weighted by molar-refractivity contribution is 7.91. The topological polar surface area (TPSA) is 75.2 Å². The number of hydrogen-bond acceptors (Lipinski definition) is 6. The normalized spacial score (nSPS) is 22.4. The Morgan fingerprint density at radius 2 is 2.24 bits per heavy atom. The average Bonchev–Trinajstić information content (AvgIpc) is 2.97. The number of rotatable bonds is 7. The van der Waals surface area contributed by atoms with Crippen LogP contribution in [0.3, 0.4) is 0 Å². The molecule has 0 bridgehead atoms. The molecule has 7 heteroatoms. The van der Waals surface area contributed by atoms with E-state index in [9.17, 15) is 8.42 Å². The van der Waals surface area contributed by atoms with Crippen molar-refractivity contribution >= 4 is 21.6 Å². The quantitative estimate of drug-likeness (QED) is 0.750. The smallest absolute Gasteiger partial charge is 0.224 e. The maximum atomic E-state index is 11.8. The van der Waals surface area contributed by atoms with Gasteiger partial charge in [0, 0.05) is 25.3 Å². The molecule has 0 radical (unpaired) electrons. The number of anilines is 2. The Morgan fingerprint density at radius 1 is 1.36 bits per heavy atom. The summed E-state index contributed by atoms with van der Waals surface area (Å²) >= 11 is 0. The highest BCUT2D eigenvalue weighted by Gasteiger charge is 2.32. The number of nitrogens with zero attached hydrogens (tertiary/aromatic N) is 3. The molecule has 0 saturated carbocycles. The lowest BCUT2D eigenvalue weighted by Crippen LogP contribution is -2.36. The van der Waals surface area contributed by atoms with Crippen molar-refractivity contribution in [3.05, 3.63) is 23.9 Å². The van der Waals surface area contributed by atoms with E-state index in [1.165, 1.54) is 31.3 Å². The Morgan fingerprint density at radius 3 is 2.92 bits per heavy atom. The second-order valence-corrected chi connectivity index (χ2v) is 9.09. The van der Waals surface area contributed by atoms with Crippen LogP contribution >= 0.6 is 0 Å². The number of aromatic nitrogens is 2. The Kier molecular flexibility index (Phi) is 5.93. The van der Waals surface area contributed by atoms with Crippen molar-refractivity contribution in [2.24, 2.45) is 0 Å². The van der Waals surface area contributed by atoms with Gasteiger partial charge in [0.1, 0.15) is 5.82 Å². The lowest BCUT2D eigenvalue weighted by molar-refractivity contribution is 0.599. The highest BCUT2D eigenvalue weighted by Crippen LogP contribution is 2.23. The summed E-state index contributed by atoms with van der Waals surface area (Å²) in [7, 11) is -2.90. The SMILES string of the molecule is CCN(c1ccnc(NCCC2=CCCCC2)n1)C1CCS(=O)(=O)C1. The molecule has 25 heavy (non-hydrogen) atoms. The van der Waals surface area contributed by atoms with E-state index in [4.69, 9.17) is 0 Å². The van der Waals surface area contributed by atoms with E-state index < -0.39 is 9.84 Å². The molecule has 1 saturated heterocycles. The third kappa shape index (κ3) is 4.93. The van der Waals surface area contributed by atoms with Crippen LogP contribution in [0, 0.1) is 0 Å². The second kappa shape index (κ2) is 8.17. The summed E-state index contributed by atoms with van der Waals surface area (Å²) in [6.07, 6.45) is 10.8. The van der Waals surface area contributed by atoms with Crippen molar-refractivity contribution in [3.8, 4) is 0 Å². The molecule has 1 aromatic rings. The molecule has 0 aromatic carbocycles. The molecule has 3 rings (SSSR count). The van der Waals surface area contributed by atoms with Crippen LogP contribution in [0.5, 0.6) is 0 Å². The summed E-state index contributed by atoms with van der Waals surface area (Å²) in [5.74, 6) is 1.92. The summed E-state index contributed by atoms with van der Waals surface area (Å²) in [5, 5.41) is 3.31. The van der Waals surface area contributed by atoms with E-state index in [0.29, 0.717) is 12.4 Å². The van der Waals surface area contributed by atoms with Gasteiger partial charge in [-0.05, 0) is 51.5 Å². The minimum Gasteiger partial charge on any atom is -0.354 e. The number of allylic oxidation sites excluding steroid dienone is 1. The summed E-state index contributed by atoms with van der Waals surface area (Å²) in [4.78, 5) is 11.0. The van der Waals surface area contributed by atoms with Gasteiger partial charge in [-0.15, -0.1) is 0 Å². The van der Waals surface area contributed by atoms with Gasteiger partial charge in [-0.2, -0.15) is 4.98 Å². The van der Waals surface area contributed by atoms with E-state index in [1.54, 1.807) is 6.20 Å². The van der Waals surface area contributed by atoms with Gasteiger partial charge in [0.05, 0.1) is 11.5 Å². The first-order valence-corrected chi connectivity index (χ1v) is 11.1. The van der Waals surface area contributed by atoms with Crippen molar-refractivity contribution in [3.63, 3.8) is 0 Å². The molecule has 1 atom stereocenters. The van der Waals surface area contributed by atoms with E-state index in [2.05, 4.69) is 26.3 Å². The first-order chi connectivity index (χ1) is 12.1. The van der Waals surface area contributed by atoms with Crippen LogP contribution in [0.1, 0.15) is 45.4 Å². The second-order valence-electron chi connectivity index (χ2n) is 6.87. The Bertz CT molecular complexity index is 718. The first-order valence-electron chi connectivity index (χ1n) is 9.29. The van der Waals surface area contributed by atoms with Crippen molar-refractivity contribution in [2.45, 2.75) is 51.5 Å². The van der Waals surface area contributed by atoms with E-state index in [-0.39, 0.29) is 17.5 Å². The van der Waals surface area contributed by atoms with Crippen LogP contribution in [0.25, 0.3) is 0 Å². The molecule has 1 fully saturated rings. The van der Waals surface area contributed by atoms with Crippen LogP contribution in [0.15, 0.2) is 23.9 Å². The third-order valence-electron chi connectivity index (χ3n) is 5.04. The summed E-state index contributed by atoms with van der Waals surface area (Å²) in [6, 6.07) is 1.88. The summed E-state index contributed by atoms with van der Waals surface area (Å²) < 4.78 is 23.5. The van der Waals surface area contributed by atoms with Gasteiger partial charge in [-0.3, -0.25) is 0 Å². The zero-order valence-electron chi connectivity index (χ0n) is 14.9. The van der Waals surface area contributed by atoms with Crippen LogP contribution < -0.4 is 10.2 Å². The lowest BCUT2D eigenvalue weighted by Gasteiger charge is -2.28. The molecule has 2 aliphatic rings. The first kappa shape index (κ1) is 18.2. The average molecular weight is 365 g/mol. The van der Waals surface area contributed by atoms with Crippen LogP contribution in [-0.2, 0) is 9.84 Å². The van der Waals surface area contributed by atoms with Gasteiger partial charge in [0.2, 0.25) is 5.95 Å². The number of nitrogens with one attached hydrogen (secondary N) is 1. The molecular weight excluding hydrogens is 336 g/mol. The molecule has 1 aliphatic heterocycles. The molecule has 1 aliphatic carbocycles. The molecular formula is C18H28N4O2S. The molecule has 0 amide bonds. The maximum Gasteiger partial charge on any atom is 0.224 e. The Hall–Kier alpha value is -1.63. The van der Waals surface area contributed by atoms with Crippen molar-refractivity contribution < 1.29 is 8.42 Å². The number of sulfone groups is 1. The Labute approximate surface area is 150 Å². The largest absolute Gasteiger partial charge is 0.354 e. The molecule has 1 aromatic heterocycles. The van der Waals surface area contributed by atoms with Gasteiger partial charge in [-0.1, -0.05) is 11.6 Å². The van der Waals surface area contributed by atoms with Gasteiger partial charge in [-0.25, -0.2) is 13.4 Å². The molecule has 1 N–H and O–H groups in total. The fourth-order valence-electron chi connectivity index (χ4n) is 3.69. The van der Waals surface area contributed by atoms with Gasteiger partial charge < -0.3 is 10.2 Å². The van der Waals surface area contributed by atoms with Crippen molar-refractivity contribution in [1.29, 1.82) is 0 Å². The lowest BCUT2D eigenvalue weighted by atomic mass is 9.97. The third-order valence-corrected chi connectivity index (χ3v) is 6.79. The van der Waals surface area contributed by atoms with Crippen LogP contribution in [0.4, 0.5) is 11.8 Å².